The Labute approximate surface area is 164 Å². The molecule has 1 amide bonds. The van der Waals surface area contributed by atoms with Crippen LogP contribution in [0, 0.1) is 13.8 Å². The fourth-order valence-electron chi connectivity index (χ4n) is 3.44. The lowest BCUT2D eigenvalue weighted by Crippen LogP contribution is -2.49. The van der Waals surface area contributed by atoms with Gasteiger partial charge in [0.15, 0.2) is 0 Å². The van der Waals surface area contributed by atoms with Crippen molar-refractivity contribution in [1.82, 2.24) is 19.9 Å². The molecule has 2 aromatic heterocycles. The van der Waals surface area contributed by atoms with Crippen LogP contribution in [0.4, 0.5) is 5.82 Å². The minimum absolute atomic E-state index is 0.00127. The number of hydrogen-bond donors (Lipinski definition) is 0. The van der Waals surface area contributed by atoms with Gasteiger partial charge in [-0.05, 0) is 31.5 Å². The fourth-order valence-corrected chi connectivity index (χ4v) is 3.44. The Balaban J connectivity index is 1.41. The number of nitrogens with zero attached hydrogens (tertiary/aromatic N) is 5. The van der Waals surface area contributed by atoms with Crippen LogP contribution in [0.15, 0.2) is 55.0 Å². The Morgan fingerprint density at radius 2 is 1.75 bits per heavy atom. The maximum atomic E-state index is 12.7. The zero-order valence-electron chi connectivity index (χ0n) is 16.2. The van der Waals surface area contributed by atoms with Gasteiger partial charge in [0.1, 0.15) is 11.5 Å². The van der Waals surface area contributed by atoms with E-state index in [2.05, 4.69) is 38.9 Å². The molecule has 0 N–H and O–H groups in total. The highest BCUT2D eigenvalue weighted by atomic mass is 16.2. The van der Waals surface area contributed by atoms with E-state index in [1.807, 2.05) is 48.5 Å². The van der Waals surface area contributed by atoms with Crippen molar-refractivity contribution in [3.05, 3.63) is 71.8 Å². The Morgan fingerprint density at radius 3 is 2.43 bits per heavy atom. The maximum Gasteiger partial charge on any atom is 0.272 e. The van der Waals surface area contributed by atoms with Gasteiger partial charge >= 0.3 is 0 Å². The summed E-state index contributed by atoms with van der Waals surface area (Å²) >= 11 is 0. The molecule has 4 rings (SSSR count). The summed E-state index contributed by atoms with van der Waals surface area (Å²) in [5, 5.41) is 0. The smallest absolute Gasteiger partial charge is 0.272 e. The normalized spacial score (nSPS) is 14.2. The summed E-state index contributed by atoms with van der Waals surface area (Å²) in [5.41, 5.74) is 4.59. The average Bonchev–Trinajstić information content (AvgIpc) is 2.74. The molecule has 1 aromatic carbocycles. The summed E-state index contributed by atoms with van der Waals surface area (Å²) in [6.45, 7) is 6.75. The van der Waals surface area contributed by atoms with Crippen molar-refractivity contribution in [3.8, 4) is 11.3 Å². The number of piperazine rings is 1. The quantitative estimate of drug-likeness (QED) is 0.706. The van der Waals surface area contributed by atoms with Crippen LogP contribution < -0.4 is 4.90 Å². The molecule has 28 heavy (non-hydrogen) atoms. The second-order valence-electron chi connectivity index (χ2n) is 7.08. The van der Waals surface area contributed by atoms with Crippen LogP contribution in [0.2, 0.25) is 0 Å². The molecule has 1 saturated heterocycles. The number of anilines is 1. The molecule has 1 aliphatic heterocycles. The van der Waals surface area contributed by atoms with Crippen molar-refractivity contribution in [1.29, 1.82) is 0 Å². The lowest BCUT2D eigenvalue weighted by molar-refractivity contribution is 0.0740. The van der Waals surface area contributed by atoms with E-state index in [-0.39, 0.29) is 5.91 Å². The van der Waals surface area contributed by atoms with Crippen molar-refractivity contribution >= 4 is 11.7 Å². The van der Waals surface area contributed by atoms with Gasteiger partial charge in [-0.3, -0.25) is 14.8 Å². The molecule has 3 aromatic rings. The Hall–Kier alpha value is -3.28. The predicted octanol–water partition coefficient (Wildman–Crippen LogP) is 3.12. The zero-order chi connectivity index (χ0) is 19.5. The third kappa shape index (κ3) is 3.71. The predicted molar refractivity (Wildman–Crippen MR) is 109 cm³/mol. The molecule has 0 radical (unpaired) electrons. The van der Waals surface area contributed by atoms with E-state index in [1.54, 1.807) is 6.20 Å². The van der Waals surface area contributed by atoms with Crippen molar-refractivity contribution in [2.24, 2.45) is 0 Å². The Kier molecular flexibility index (Phi) is 5.02. The molecule has 0 saturated carbocycles. The third-order valence-electron chi connectivity index (χ3n) is 5.05. The molecule has 1 fully saturated rings. The topological polar surface area (TPSA) is 62.2 Å². The highest BCUT2D eigenvalue weighted by Crippen LogP contribution is 2.20. The van der Waals surface area contributed by atoms with Crippen molar-refractivity contribution < 1.29 is 4.79 Å². The minimum atomic E-state index is -0.00127. The molecule has 6 nitrogen and oxygen atoms in total. The van der Waals surface area contributed by atoms with Gasteiger partial charge in [-0.2, -0.15) is 0 Å². The lowest BCUT2D eigenvalue weighted by Gasteiger charge is -2.35. The van der Waals surface area contributed by atoms with Gasteiger partial charge in [-0.15, -0.1) is 0 Å². The standard InChI is InChI=1S/C22H23N5O/c1-16-5-3-7-18(13-16)19-14-25-20(15-24-19)26-9-11-27(12-10-26)22(28)21-17(2)6-4-8-23-21/h3-8,13-15H,9-12H2,1-2H3. The van der Waals surface area contributed by atoms with Crippen LogP contribution in [-0.2, 0) is 0 Å². The second kappa shape index (κ2) is 7.76. The van der Waals surface area contributed by atoms with Crippen LogP contribution in [0.3, 0.4) is 0 Å². The summed E-state index contributed by atoms with van der Waals surface area (Å²) in [6.07, 6.45) is 5.30. The van der Waals surface area contributed by atoms with Crippen LogP contribution in [-0.4, -0.2) is 51.9 Å². The lowest BCUT2D eigenvalue weighted by atomic mass is 10.1. The van der Waals surface area contributed by atoms with Gasteiger partial charge in [-0.25, -0.2) is 4.98 Å². The number of pyridine rings is 1. The molecule has 0 bridgehead atoms. The molecule has 6 heteroatoms. The average molecular weight is 373 g/mol. The van der Waals surface area contributed by atoms with Crippen LogP contribution in [0.5, 0.6) is 0 Å². The van der Waals surface area contributed by atoms with Gasteiger partial charge in [0.2, 0.25) is 0 Å². The fraction of sp³-hybridized carbons (Fsp3) is 0.273. The van der Waals surface area contributed by atoms with E-state index < -0.39 is 0 Å². The summed E-state index contributed by atoms with van der Waals surface area (Å²) in [5.74, 6) is 0.844. The number of carbonyl (C=O) groups excluding carboxylic acids is 1. The first kappa shape index (κ1) is 18.1. The van der Waals surface area contributed by atoms with Gasteiger partial charge < -0.3 is 9.80 Å². The van der Waals surface area contributed by atoms with Crippen molar-refractivity contribution in [2.45, 2.75) is 13.8 Å². The number of aromatic nitrogens is 3. The number of benzene rings is 1. The first-order valence-corrected chi connectivity index (χ1v) is 9.47. The van der Waals surface area contributed by atoms with E-state index >= 15 is 0 Å². The molecule has 0 unspecified atom stereocenters. The zero-order valence-corrected chi connectivity index (χ0v) is 16.2. The van der Waals surface area contributed by atoms with Gasteiger partial charge in [-0.1, -0.05) is 29.8 Å². The van der Waals surface area contributed by atoms with Gasteiger partial charge in [0, 0.05) is 37.9 Å². The number of hydrogen-bond acceptors (Lipinski definition) is 5. The van der Waals surface area contributed by atoms with Crippen LogP contribution >= 0.6 is 0 Å². The van der Waals surface area contributed by atoms with Gasteiger partial charge in [0.05, 0.1) is 18.1 Å². The minimum Gasteiger partial charge on any atom is -0.352 e. The van der Waals surface area contributed by atoms with E-state index in [9.17, 15) is 4.79 Å². The van der Waals surface area contributed by atoms with E-state index in [1.165, 1.54) is 5.56 Å². The largest absolute Gasteiger partial charge is 0.352 e. The van der Waals surface area contributed by atoms with E-state index in [4.69, 9.17) is 0 Å². The summed E-state index contributed by atoms with van der Waals surface area (Å²) in [6, 6.07) is 12.0. The third-order valence-corrected chi connectivity index (χ3v) is 5.05. The Morgan fingerprint density at radius 1 is 0.929 bits per heavy atom. The maximum absolute atomic E-state index is 12.7. The number of aryl methyl sites for hydroxylation is 2. The molecule has 142 valence electrons. The first-order valence-electron chi connectivity index (χ1n) is 9.47. The van der Waals surface area contributed by atoms with Crippen LogP contribution in [0.25, 0.3) is 11.3 Å². The van der Waals surface area contributed by atoms with Crippen molar-refractivity contribution in [3.63, 3.8) is 0 Å². The molecular formula is C22H23N5O. The SMILES string of the molecule is Cc1cccc(-c2cnc(N3CCN(C(=O)c4ncccc4C)CC3)cn2)c1. The molecule has 0 aliphatic carbocycles. The van der Waals surface area contributed by atoms with Gasteiger partial charge in [0.25, 0.3) is 5.91 Å². The monoisotopic (exact) mass is 373 g/mol. The Bertz CT molecular complexity index is 978. The number of carbonyl (C=O) groups is 1. The molecule has 3 heterocycles. The molecular weight excluding hydrogens is 350 g/mol. The number of rotatable bonds is 3. The summed E-state index contributed by atoms with van der Waals surface area (Å²) in [4.78, 5) is 30.2. The number of amides is 1. The van der Waals surface area contributed by atoms with Crippen LogP contribution in [0.1, 0.15) is 21.6 Å². The molecule has 0 atom stereocenters. The highest BCUT2D eigenvalue weighted by Gasteiger charge is 2.24. The molecule has 0 spiro atoms. The molecule has 1 aliphatic rings. The van der Waals surface area contributed by atoms with Crippen molar-refractivity contribution in [2.75, 3.05) is 31.1 Å². The highest BCUT2D eigenvalue weighted by molar-refractivity contribution is 5.93. The summed E-state index contributed by atoms with van der Waals surface area (Å²) in [7, 11) is 0. The first-order chi connectivity index (χ1) is 13.6. The second-order valence-corrected chi connectivity index (χ2v) is 7.08. The summed E-state index contributed by atoms with van der Waals surface area (Å²) < 4.78 is 0. The van der Waals surface area contributed by atoms with E-state index in [0.717, 1.165) is 35.7 Å². The van der Waals surface area contributed by atoms with E-state index in [0.29, 0.717) is 18.8 Å².